The zero-order valence-electron chi connectivity index (χ0n) is 12.4. The molecule has 0 atom stereocenters. The van der Waals surface area contributed by atoms with E-state index in [1.807, 2.05) is 0 Å². The van der Waals surface area contributed by atoms with Gasteiger partial charge in [-0.25, -0.2) is 0 Å². The maximum absolute atomic E-state index is 12.5. The average molecular weight is 345 g/mol. The highest BCUT2D eigenvalue weighted by Crippen LogP contribution is 2.31. The number of nitrogens with one attached hydrogen (secondary N) is 2. The molecule has 122 valence electrons. The van der Waals surface area contributed by atoms with Crippen LogP contribution in [0.5, 0.6) is 0 Å². The second kappa shape index (κ2) is 6.64. The number of anilines is 2. The van der Waals surface area contributed by atoms with Gasteiger partial charge in [0.15, 0.2) is 0 Å². The van der Waals surface area contributed by atoms with Gasteiger partial charge in [0.1, 0.15) is 12.1 Å². The van der Waals surface area contributed by atoms with Gasteiger partial charge < -0.3 is 20.2 Å². The SMILES string of the molecule is O=C(O)CNc1c(C(=O)Nc2cccc(Cl)c2)oc2ccccc12. The molecular formula is C17H13ClN2O4. The highest BCUT2D eigenvalue weighted by molar-refractivity contribution is 6.31. The van der Waals surface area contributed by atoms with E-state index < -0.39 is 11.9 Å². The van der Waals surface area contributed by atoms with E-state index in [1.54, 1.807) is 48.5 Å². The summed E-state index contributed by atoms with van der Waals surface area (Å²) in [6, 6.07) is 13.7. The zero-order valence-corrected chi connectivity index (χ0v) is 13.1. The fourth-order valence-corrected chi connectivity index (χ4v) is 2.49. The predicted molar refractivity (Wildman–Crippen MR) is 91.7 cm³/mol. The lowest BCUT2D eigenvalue weighted by Crippen LogP contribution is -2.17. The van der Waals surface area contributed by atoms with Crippen molar-refractivity contribution in [1.29, 1.82) is 0 Å². The van der Waals surface area contributed by atoms with Crippen molar-refractivity contribution < 1.29 is 19.1 Å². The highest BCUT2D eigenvalue weighted by atomic mass is 35.5. The third kappa shape index (κ3) is 3.33. The lowest BCUT2D eigenvalue weighted by atomic mass is 10.2. The molecule has 24 heavy (non-hydrogen) atoms. The molecule has 0 saturated heterocycles. The minimum absolute atomic E-state index is 0.0115. The number of carbonyl (C=O) groups is 2. The Morgan fingerprint density at radius 3 is 2.67 bits per heavy atom. The molecule has 3 rings (SSSR count). The topological polar surface area (TPSA) is 91.6 Å². The summed E-state index contributed by atoms with van der Waals surface area (Å²) in [6.45, 7) is -0.332. The fraction of sp³-hybridized carbons (Fsp3) is 0.0588. The molecule has 3 N–H and O–H groups in total. The van der Waals surface area contributed by atoms with E-state index in [1.165, 1.54) is 0 Å². The number of aliphatic carboxylic acids is 1. The molecule has 0 radical (unpaired) electrons. The van der Waals surface area contributed by atoms with Gasteiger partial charge in [0.05, 0.1) is 5.69 Å². The van der Waals surface area contributed by atoms with Crippen LogP contribution in [0.25, 0.3) is 11.0 Å². The first-order valence-electron chi connectivity index (χ1n) is 7.08. The molecule has 0 aliphatic carbocycles. The fourth-order valence-electron chi connectivity index (χ4n) is 2.30. The first-order valence-corrected chi connectivity index (χ1v) is 7.46. The van der Waals surface area contributed by atoms with Crippen LogP contribution < -0.4 is 10.6 Å². The van der Waals surface area contributed by atoms with E-state index >= 15 is 0 Å². The lowest BCUT2D eigenvalue weighted by molar-refractivity contribution is -0.134. The quantitative estimate of drug-likeness (QED) is 0.654. The van der Waals surface area contributed by atoms with Crippen LogP contribution in [-0.4, -0.2) is 23.5 Å². The normalized spacial score (nSPS) is 10.5. The molecule has 1 amide bonds. The van der Waals surface area contributed by atoms with Crippen molar-refractivity contribution in [3.8, 4) is 0 Å². The van der Waals surface area contributed by atoms with Crippen LogP contribution in [-0.2, 0) is 4.79 Å². The summed E-state index contributed by atoms with van der Waals surface area (Å²) in [5, 5.41) is 15.4. The van der Waals surface area contributed by atoms with Gasteiger partial charge in [-0.2, -0.15) is 0 Å². The summed E-state index contributed by atoms with van der Waals surface area (Å²) in [7, 11) is 0. The van der Waals surface area contributed by atoms with E-state index in [0.717, 1.165) is 0 Å². The second-order valence-electron chi connectivity index (χ2n) is 5.01. The minimum atomic E-state index is -1.04. The number of carbonyl (C=O) groups excluding carboxylic acids is 1. The molecule has 0 unspecified atom stereocenters. The highest BCUT2D eigenvalue weighted by Gasteiger charge is 2.21. The lowest BCUT2D eigenvalue weighted by Gasteiger charge is -2.06. The molecule has 0 spiro atoms. The van der Waals surface area contributed by atoms with Crippen LogP contribution in [0.15, 0.2) is 52.9 Å². The number of carboxylic acids is 1. The molecule has 0 fully saturated rings. The van der Waals surface area contributed by atoms with Gasteiger partial charge in [0.2, 0.25) is 5.76 Å². The van der Waals surface area contributed by atoms with Crippen LogP contribution in [0.2, 0.25) is 5.02 Å². The summed E-state index contributed by atoms with van der Waals surface area (Å²) in [6.07, 6.45) is 0. The monoisotopic (exact) mass is 344 g/mol. The summed E-state index contributed by atoms with van der Waals surface area (Å²) in [4.78, 5) is 23.4. The second-order valence-corrected chi connectivity index (χ2v) is 5.45. The first kappa shape index (κ1) is 15.9. The number of amides is 1. The van der Waals surface area contributed by atoms with E-state index in [9.17, 15) is 9.59 Å². The zero-order chi connectivity index (χ0) is 17.1. The Morgan fingerprint density at radius 1 is 1.12 bits per heavy atom. The number of hydrogen-bond acceptors (Lipinski definition) is 4. The molecule has 6 nitrogen and oxygen atoms in total. The van der Waals surface area contributed by atoms with Crippen molar-refractivity contribution in [2.24, 2.45) is 0 Å². The minimum Gasteiger partial charge on any atom is -0.480 e. The van der Waals surface area contributed by atoms with Crippen molar-refractivity contribution in [1.82, 2.24) is 0 Å². The number of benzene rings is 2. The molecule has 1 aromatic heterocycles. The largest absolute Gasteiger partial charge is 0.480 e. The summed E-state index contributed by atoms with van der Waals surface area (Å²) >= 11 is 5.90. The molecule has 0 aliphatic heterocycles. The van der Waals surface area contributed by atoms with Gasteiger partial charge in [-0.3, -0.25) is 9.59 Å². The van der Waals surface area contributed by atoms with E-state index in [-0.39, 0.29) is 12.3 Å². The van der Waals surface area contributed by atoms with Gasteiger partial charge >= 0.3 is 5.97 Å². The van der Waals surface area contributed by atoms with E-state index in [4.69, 9.17) is 21.1 Å². The Balaban J connectivity index is 1.96. The number of para-hydroxylation sites is 1. The Morgan fingerprint density at radius 2 is 1.92 bits per heavy atom. The first-order chi connectivity index (χ1) is 11.5. The molecule has 0 bridgehead atoms. The number of hydrogen-bond donors (Lipinski definition) is 3. The smallest absolute Gasteiger partial charge is 0.322 e. The van der Waals surface area contributed by atoms with Gasteiger partial charge in [-0.1, -0.05) is 29.8 Å². The number of rotatable bonds is 5. The van der Waals surface area contributed by atoms with Gasteiger partial charge in [0.25, 0.3) is 5.91 Å². The molecule has 2 aromatic carbocycles. The van der Waals surface area contributed by atoms with Crippen molar-refractivity contribution in [3.05, 3.63) is 59.3 Å². The van der Waals surface area contributed by atoms with Crippen LogP contribution >= 0.6 is 11.6 Å². The van der Waals surface area contributed by atoms with Crippen molar-refractivity contribution in [2.75, 3.05) is 17.2 Å². The Labute approximate surface area is 142 Å². The van der Waals surface area contributed by atoms with Crippen LogP contribution in [0.4, 0.5) is 11.4 Å². The van der Waals surface area contributed by atoms with Crippen LogP contribution in [0, 0.1) is 0 Å². The summed E-state index contributed by atoms with van der Waals surface area (Å²) in [5.41, 5.74) is 1.34. The molecule has 0 saturated carbocycles. The molecular weight excluding hydrogens is 332 g/mol. The van der Waals surface area contributed by atoms with Gasteiger partial charge in [0, 0.05) is 16.1 Å². The van der Waals surface area contributed by atoms with Crippen LogP contribution in [0.1, 0.15) is 10.6 Å². The number of furan rings is 1. The Bertz CT molecular complexity index is 920. The van der Waals surface area contributed by atoms with Crippen molar-refractivity contribution in [2.45, 2.75) is 0 Å². The number of fused-ring (bicyclic) bond motifs is 1. The molecule has 3 aromatic rings. The number of carboxylic acid groups (broad SMARTS) is 1. The molecule has 0 aliphatic rings. The maximum atomic E-state index is 12.5. The number of halogens is 1. The Kier molecular flexibility index (Phi) is 4.39. The molecule has 1 heterocycles. The summed E-state index contributed by atoms with van der Waals surface area (Å²) in [5.74, 6) is -1.53. The summed E-state index contributed by atoms with van der Waals surface area (Å²) < 4.78 is 5.60. The standard InChI is InChI=1S/C17H13ClN2O4/c18-10-4-3-5-11(8-10)20-17(23)16-15(19-9-14(21)22)12-6-1-2-7-13(12)24-16/h1-8,19H,9H2,(H,20,23)(H,21,22). The Hall–Kier alpha value is -2.99. The third-order valence-electron chi connectivity index (χ3n) is 3.30. The maximum Gasteiger partial charge on any atom is 0.322 e. The van der Waals surface area contributed by atoms with Crippen molar-refractivity contribution in [3.63, 3.8) is 0 Å². The third-order valence-corrected chi connectivity index (χ3v) is 3.54. The van der Waals surface area contributed by atoms with Crippen molar-refractivity contribution >= 4 is 45.8 Å². The van der Waals surface area contributed by atoms with Crippen LogP contribution in [0.3, 0.4) is 0 Å². The average Bonchev–Trinajstić information content (AvgIpc) is 2.91. The predicted octanol–water partition coefficient (Wildman–Crippen LogP) is 3.84. The van der Waals surface area contributed by atoms with Gasteiger partial charge in [-0.15, -0.1) is 0 Å². The molecule has 7 heteroatoms. The van der Waals surface area contributed by atoms with E-state index in [2.05, 4.69) is 10.6 Å². The van der Waals surface area contributed by atoms with Gasteiger partial charge in [-0.05, 0) is 30.3 Å². The van der Waals surface area contributed by atoms with E-state index in [0.29, 0.717) is 27.4 Å².